The predicted molar refractivity (Wildman–Crippen MR) is 95.2 cm³/mol. The van der Waals surface area contributed by atoms with Crippen molar-refractivity contribution in [2.75, 3.05) is 11.4 Å². The minimum absolute atomic E-state index is 0.198. The molecule has 2 atom stereocenters. The van der Waals surface area contributed by atoms with Gasteiger partial charge >= 0.3 is 12.1 Å². The zero-order valence-electron chi connectivity index (χ0n) is 14.4. The summed E-state index contributed by atoms with van der Waals surface area (Å²) in [5.41, 5.74) is 1.08. The molecule has 0 radical (unpaired) electrons. The summed E-state index contributed by atoms with van der Waals surface area (Å²) in [6.45, 7) is 0.524. The lowest BCUT2D eigenvalue weighted by atomic mass is 9.89. The van der Waals surface area contributed by atoms with Crippen molar-refractivity contribution in [2.45, 2.75) is 31.1 Å². The van der Waals surface area contributed by atoms with Crippen LogP contribution in [0.5, 0.6) is 11.5 Å². The first kappa shape index (κ1) is 18.9. The molecule has 2 aromatic rings. The van der Waals surface area contributed by atoms with Crippen LogP contribution in [0.1, 0.15) is 24.4 Å². The smallest absolute Gasteiger partial charge is 0.455 e. The number of hydrogen-bond donors (Lipinski definition) is 1. The van der Waals surface area contributed by atoms with Crippen molar-refractivity contribution >= 4 is 23.2 Å². The Morgan fingerprint density at radius 1 is 1.18 bits per heavy atom. The molecular formula is C19H15ClF4N2O2. The number of hydrogen-bond acceptors (Lipinski definition) is 3. The van der Waals surface area contributed by atoms with E-state index in [1.165, 1.54) is 18.2 Å². The molecule has 0 aromatic heterocycles. The fourth-order valence-electron chi connectivity index (χ4n) is 3.81. The van der Waals surface area contributed by atoms with E-state index in [9.17, 15) is 22.4 Å². The standard InChI is InChI=1S/C19H15ClF4N2O2/c20-10-3-6-15-14(8-10)26-7-1-2-13(25-18(27)19(22,23)24)17(26)12-5-4-11(21)9-16(12)28-15/h3-6,8-9,13,17H,1-2,7H2,(H,25,27)/t13-,17-/m1/s1. The Labute approximate surface area is 163 Å². The van der Waals surface area contributed by atoms with E-state index in [0.29, 0.717) is 41.4 Å². The number of nitrogens with one attached hydrogen (secondary N) is 1. The number of benzene rings is 2. The van der Waals surface area contributed by atoms with Gasteiger partial charge in [0.25, 0.3) is 0 Å². The molecule has 2 heterocycles. The Balaban J connectivity index is 1.83. The molecule has 2 aromatic carbocycles. The van der Waals surface area contributed by atoms with Gasteiger partial charge in [-0.15, -0.1) is 0 Å². The van der Waals surface area contributed by atoms with Crippen LogP contribution in [0.4, 0.5) is 23.2 Å². The van der Waals surface area contributed by atoms with Crippen LogP contribution in [0.3, 0.4) is 0 Å². The van der Waals surface area contributed by atoms with E-state index in [4.69, 9.17) is 16.3 Å². The van der Waals surface area contributed by atoms with Gasteiger partial charge in [-0.1, -0.05) is 17.7 Å². The lowest BCUT2D eigenvalue weighted by Gasteiger charge is -2.42. The maximum Gasteiger partial charge on any atom is 0.471 e. The molecule has 28 heavy (non-hydrogen) atoms. The van der Waals surface area contributed by atoms with Gasteiger partial charge < -0.3 is 15.0 Å². The Morgan fingerprint density at radius 3 is 2.71 bits per heavy atom. The number of fused-ring (bicyclic) bond motifs is 5. The van der Waals surface area contributed by atoms with E-state index >= 15 is 0 Å². The van der Waals surface area contributed by atoms with Gasteiger partial charge in [0, 0.05) is 23.2 Å². The predicted octanol–water partition coefficient (Wildman–Crippen LogP) is 4.97. The lowest BCUT2D eigenvalue weighted by Crippen LogP contribution is -2.52. The summed E-state index contributed by atoms with van der Waals surface area (Å²) in [4.78, 5) is 13.4. The summed E-state index contributed by atoms with van der Waals surface area (Å²) in [6.07, 6.45) is -4.09. The van der Waals surface area contributed by atoms with Gasteiger partial charge in [0.15, 0.2) is 5.75 Å². The molecule has 0 bridgehead atoms. The highest BCUT2D eigenvalue weighted by Gasteiger charge is 2.44. The summed E-state index contributed by atoms with van der Waals surface area (Å²) < 4.78 is 58.2. The van der Waals surface area contributed by atoms with Gasteiger partial charge in [-0.3, -0.25) is 4.79 Å². The molecule has 2 aliphatic heterocycles. The molecule has 2 aliphatic rings. The number of ether oxygens (including phenoxy) is 1. The van der Waals surface area contributed by atoms with Crippen LogP contribution in [-0.2, 0) is 4.79 Å². The van der Waals surface area contributed by atoms with Gasteiger partial charge in [0.2, 0.25) is 0 Å². The molecule has 9 heteroatoms. The zero-order chi connectivity index (χ0) is 20.1. The molecular weight excluding hydrogens is 400 g/mol. The van der Waals surface area contributed by atoms with Crippen molar-refractivity contribution in [3.8, 4) is 11.5 Å². The average Bonchev–Trinajstić information content (AvgIpc) is 2.75. The quantitative estimate of drug-likeness (QED) is 0.670. The number of rotatable bonds is 1. The Bertz CT molecular complexity index is 935. The summed E-state index contributed by atoms with van der Waals surface area (Å²) in [7, 11) is 0. The third-order valence-corrected chi connectivity index (χ3v) is 5.18. The maximum atomic E-state index is 13.8. The summed E-state index contributed by atoms with van der Waals surface area (Å²) in [5.74, 6) is -1.92. The molecule has 0 unspecified atom stereocenters. The number of anilines is 1. The minimum Gasteiger partial charge on any atom is -0.455 e. The molecule has 1 amide bonds. The monoisotopic (exact) mass is 414 g/mol. The molecule has 4 nitrogen and oxygen atoms in total. The second-order valence-corrected chi connectivity index (χ2v) is 7.19. The Morgan fingerprint density at radius 2 is 1.96 bits per heavy atom. The molecule has 0 aliphatic carbocycles. The van der Waals surface area contributed by atoms with E-state index in [-0.39, 0.29) is 5.75 Å². The van der Waals surface area contributed by atoms with Crippen molar-refractivity contribution in [2.24, 2.45) is 0 Å². The normalized spacial score (nSPS) is 21.0. The third kappa shape index (κ3) is 3.37. The van der Waals surface area contributed by atoms with Crippen molar-refractivity contribution in [3.05, 3.63) is 52.8 Å². The first-order valence-corrected chi connectivity index (χ1v) is 9.03. The van der Waals surface area contributed by atoms with Crippen LogP contribution in [-0.4, -0.2) is 24.7 Å². The highest BCUT2D eigenvalue weighted by Crippen LogP contribution is 2.48. The van der Waals surface area contributed by atoms with Crippen LogP contribution in [0.15, 0.2) is 36.4 Å². The second kappa shape index (κ2) is 6.84. The van der Waals surface area contributed by atoms with Crippen molar-refractivity contribution in [1.82, 2.24) is 5.32 Å². The van der Waals surface area contributed by atoms with Crippen molar-refractivity contribution in [1.29, 1.82) is 0 Å². The summed E-state index contributed by atoms with van der Waals surface area (Å²) >= 11 is 6.12. The van der Waals surface area contributed by atoms with Crippen LogP contribution >= 0.6 is 11.6 Å². The molecule has 148 valence electrons. The minimum atomic E-state index is -4.99. The first-order chi connectivity index (χ1) is 13.2. The molecule has 0 saturated carbocycles. The Kier molecular flexibility index (Phi) is 4.61. The molecule has 1 fully saturated rings. The average molecular weight is 415 g/mol. The lowest BCUT2D eigenvalue weighted by molar-refractivity contribution is -0.174. The fourth-order valence-corrected chi connectivity index (χ4v) is 3.98. The van der Waals surface area contributed by atoms with Crippen molar-refractivity contribution in [3.63, 3.8) is 0 Å². The maximum absolute atomic E-state index is 13.8. The van der Waals surface area contributed by atoms with E-state index < -0.39 is 30.0 Å². The number of alkyl halides is 3. The molecule has 4 rings (SSSR count). The number of nitrogens with zero attached hydrogens (tertiary/aromatic N) is 1. The third-order valence-electron chi connectivity index (χ3n) is 4.95. The number of carbonyl (C=O) groups is 1. The van der Waals surface area contributed by atoms with Gasteiger partial charge in [-0.2, -0.15) is 13.2 Å². The zero-order valence-corrected chi connectivity index (χ0v) is 15.1. The van der Waals surface area contributed by atoms with Crippen LogP contribution in [0, 0.1) is 5.82 Å². The largest absolute Gasteiger partial charge is 0.471 e. The number of amides is 1. The fraction of sp³-hybridized carbons (Fsp3) is 0.316. The first-order valence-electron chi connectivity index (χ1n) is 8.65. The molecule has 1 saturated heterocycles. The SMILES string of the molecule is O=C(N[C@@H]1CCCN2c3cc(Cl)ccc3Oc3cc(F)ccc3[C@H]12)C(F)(F)F. The van der Waals surface area contributed by atoms with E-state index in [1.54, 1.807) is 18.2 Å². The summed E-state index contributed by atoms with van der Waals surface area (Å²) in [5, 5.41) is 2.53. The van der Waals surface area contributed by atoms with Gasteiger partial charge in [-0.25, -0.2) is 4.39 Å². The number of carbonyl (C=O) groups excluding carboxylic acids is 1. The van der Waals surface area contributed by atoms with E-state index in [1.807, 2.05) is 4.90 Å². The second-order valence-electron chi connectivity index (χ2n) is 6.75. The van der Waals surface area contributed by atoms with E-state index in [0.717, 1.165) is 0 Å². The number of piperidine rings is 1. The van der Waals surface area contributed by atoms with Gasteiger partial charge in [0.05, 0.1) is 17.8 Å². The van der Waals surface area contributed by atoms with Crippen LogP contribution in [0.25, 0.3) is 0 Å². The summed E-state index contributed by atoms with van der Waals surface area (Å²) in [6, 6.07) is 7.30. The highest BCUT2D eigenvalue weighted by atomic mass is 35.5. The molecule has 1 N–H and O–H groups in total. The number of halogens is 5. The van der Waals surface area contributed by atoms with Crippen molar-refractivity contribution < 1.29 is 27.1 Å². The van der Waals surface area contributed by atoms with Crippen LogP contribution < -0.4 is 15.0 Å². The highest BCUT2D eigenvalue weighted by molar-refractivity contribution is 6.31. The van der Waals surface area contributed by atoms with Gasteiger partial charge in [-0.05, 0) is 37.1 Å². The van der Waals surface area contributed by atoms with Crippen LogP contribution in [0.2, 0.25) is 5.02 Å². The molecule has 0 spiro atoms. The Hall–Kier alpha value is -2.48. The van der Waals surface area contributed by atoms with Gasteiger partial charge in [0.1, 0.15) is 11.6 Å². The topological polar surface area (TPSA) is 41.6 Å². The van der Waals surface area contributed by atoms with E-state index in [2.05, 4.69) is 5.32 Å².